The number of esters is 2. The van der Waals surface area contributed by atoms with Crippen molar-refractivity contribution in [1.82, 2.24) is 0 Å². The number of carbonyl (C=O) groups excluding carboxylic acids is 2. The maximum Gasteiger partial charge on any atom is 0.472 e. The van der Waals surface area contributed by atoms with Gasteiger partial charge < -0.3 is 18.9 Å². The van der Waals surface area contributed by atoms with Gasteiger partial charge in [0.15, 0.2) is 6.10 Å². The fourth-order valence-electron chi connectivity index (χ4n) is 10.3. The molecule has 9 nitrogen and oxygen atoms in total. The third-order valence-electron chi connectivity index (χ3n) is 16.3. The molecule has 0 bridgehead atoms. The van der Waals surface area contributed by atoms with Crippen LogP contribution in [0.4, 0.5) is 0 Å². The van der Waals surface area contributed by atoms with Crippen molar-refractivity contribution in [2.24, 2.45) is 0 Å². The van der Waals surface area contributed by atoms with Crippen LogP contribution in [0.25, 0.3) is 0 Å². The molecule has 100 heavy (non-hydrogen) atoms. The molecular weight excluding hydrogens is 1250 g/mol. The van der Waals surface area contributed by atoms with E-state index in [0.29, 0.717) is 17.4 Å². The van der Waals surface area contributed by atoms with Gasteiger partial charge in [-0.3, -0.25) is 18.6 Å². The molecule has 0 aliphatic rings. The second-order valence-corrected chi connectivity index (χ2v) is 28.4. The lowest BCUT2D eigenvalue weighted by atomic mass is 10.0. The van der Waals surface area contributed by atoms with Crippen molar-refractivity contribution >= 4 is 19.8 Å². The van der Waals surface area contributed by atoms with Gasteiger partial charge >= 0.3 is 19.8 Å². The van der Waals surface area contributed by atoms with Gasteiger partial charge in [-0.1, -0.05) is 342 Å². The van der Waals surface area contributed by atoms with Gasteiger partial charge in [-0.2, -0.15) is 0 Å². The molecule has 0 amide bonds. The molecule has 0 aliphatic heterocycles. The Morgan fingerprint density at radius 1 is 0.310 bits per heavy atom. The Bertz CT molecular complexity index is 2450. The molecule has 0 rings (SSSR count). The molecule has 2 unspecified atom stereocenters. The summed E-state index contributed by atoms with van der Waals surface area (Å²) in [5, 5.41) is 0. The van der Waals surface area contributed by atoms with E-state index in [1.165, 1.54) is 109 Å². The first-order valence-corrected chi connectivity index (χ1v) is 41.3. The second kappa shape index (κ2) is 77.7. The maximum absolute atomic E-state index is 12.9. The molecule has 0 fully saturated rings. The first-order valence-electron chi connectivity index (χ1n) is 39.8. The summed E-state index contributed by atoms with van der Waals surface area (Å²) < 4.78 is 34.8. The minimum absolute atomic E-state index is 0.0215. The van der Waals surface area contributed by atoms with Gasteiger partial charge in [0.2, 0.25) is 0 Å². The van der Waals surface area contributed by atoms with Crippen LogP contribution in [0.15, 0.2) is 207 Å². The quantitative estimate of drug-likeness (QED) is 0.0211. The number of likely N-dealkylation sites (N-methyl/N-ethyl adjacent to an activating group) is 1. The highest BCUT2D eigenvalue weighted by molar-refractivity contribution is 7.47. The molecule has 0 heterocycles. The van der Waals surface area contributed by atoms with Crippen LogP contribution in [-0.2, 0) is 32.7 Å². The number of rotatable bonds is 71. The van der Waals surface area contributed by atoms with Crippen LogP contribution in [0.1, 0.15) is 296 Å². The van der Waals surface area contributed by atoms with E-state index in [9.17, 15) is 19.0 Å². The molecule has 0 aliphatic carbocycles. The summed E-state index contributed by atoms with van der Waals surface area (Å²) in [5.74, 6) is -0.811. The van der Waals surface area contributed by atoms with Crippen molar-refractivity contribution in [2.45, 2.75) is 302 Å². The molecule has 0 aromatic carbocycles. The Labute approximate surface area is 615 Å². The van der Waals surface area contributed by atoms with E-state index in [4.69, 9.17) is 18.5 Å². The van der Waals surface area contributed by atoms with Crippen LogP contribution in [0.2, 0.25) is 0 Å². The van der Waals surface area contributed by atoms with E-state index in [-0.39, 0.29) is 32.0 Å². The van der Waals surface area contributed by atoms with Crippen molar-refractivity contribution < 1.29 is 42.1 Å². The third kappa shape index (κ3) is 81.6. The number of ether oxygens (including phenoxy) is 2. The number of unbranched alkanes of at least 4 members (excludes halogenated alkanes) is 23. The predicted molar refractivity (Wildman–Crippen MR) is 435 cm³/mol. The van der Waals surface area contributed by atoms with Crippen molar-refractivity contribution in [2.75, 3.05) is 47.5 Å². The van der Waals surface area contributed by atoms with Crippen LogP contribution in [0.5, 0.6) is 0 Å². The van der Waals surface area contributed by atoms with Crippen LogP contribution >= 0.6 is 7.82 Å². The molecule has 0 saturated heterocycles. The zero-order valence-corrected chi connectivity index (χ0v) is 65.2. The smallest absolute Gasteiger partial charge is 0.462 e. The third-order valence-corrected chi connectivity index (χ3v) is 17.3. The second-order valence-electron chi connectivity index (χ2n) is 27.0. The van der Waals surface area contributed by atoms with E-state index >= 15 is 0 Å². The van der Waals surface area contributed by atoms with Crippen LogP contribution < -0.4 is 0 Å². The number of allylic oxidation sites excluding steroid dienone is 34. The Kier molecular flexibility index (Phi) is 73.5. The molecule has 1 N–H and O–H groups in total. The first-order chi connectivity index (χ1) is 49.0. The number of phosphoric acid groups is 1. The summed E-state index contributed by atoms with van der Waals surface area (Å²) in [5.41, 5.74) is 0. The van der Waals surface area contributed by atoms with Gasteiger partial charge in [0.25, 0.3) is 0 Å². The van der Waals surface area contributed by atoms with Gasteiger partial charge in [0.05, 0.1) is 27.7 Å². The van der Waals surface area contributed by atoms with Crippen LogP contribution in [-0.4, -0.2) is 74.9 Å². The van der Waals surface area contributed by atoms with Gasteiger partial charge in [-0.15, -0.1) is 0 Å². The highest BCUT2D eigenvalue weighted by atomic mass is 31.2. The summed E-state index contributed by atoms with van der Waals surface area (Å²) in [6.07, 6.45) is 122. The summed E-state index contributed by atoms with van der Waals surface area (Å²) >= 11 is 0. The lowest BCUT2D eigenvalue weighted by Crippen LogP contribution is -2.37. The molecule has 0 saturated carbocycles. The summed E-state index contributed by atoms with van der Waals surface area (Å²) in [6.45, 7) is 4.19. The minimum atomic E-state index is -4.41. The van der Waals surface area contributed by atoms with E-state index in [2.05, 4.69) is 220 Å². The van der Waals surface area contributed by atoms with Gasteiger partial charge in [0, 0.05) is 12.8 Å². The van der Waals surface area contributed by atoms with Crippen LogP contribution in [0, 0.1) is 0 Å². The van der Waals surface area contributed by atoms with Crippen molar-refractivity contribution in [3.8, 4) is 0 Å². The van der Waals surface area contributed by atoms with E-state index in [0.717, 1.165) is 154 Å². The Morgan fingerprint density at radius 3 is 0.800 bits per heavy atom. The number of phosphoric ester groups is 1. The maximum atomic E-state index is 12.9. The highest BCUT2D eigenvalue weighted by Gasteiger charge is 2.27. The van der Waals surface area contributed by atoms with Crippen molar-refractivity contribution in [1.29, 1.82) is 0 Å². The topological polar surface area (TPSA) is 108 Å². The fourth-order valence-corrected chi connectivity index (χ4v) is 11.1. The molecule has 2 atom stereocenters. The molecule has 0 aromatic rings. The number of carbonyl (C=O) groups is 2. The monoisotopic (exact) mass is 1400 g/mol. The molecule has 10 heteroatoms. The molecule has 0 radical (unpaired) electrons. The Morgan fingerprint density at radius 2 is 0.540 bits per heavy atom. The van der Waals surface area contributed by atoms with Crippen LogP contribution in [0.3, 0.4) is 0 Å². The average Bonchev–Trinajstić information content (AvgIpc) is 1.30. The standard InChI is InChI=1S/C90H146NO8P/c1-6-8-10-12-14-16-18-20-22-24-26-28-30-32-34-36-38-40-42-43-44-45-46-47-49-51-53-55-57-59-61-63-65-67-69-71-73-75-77-79-81-83-90(93)99-88(87-98-100(94,95)97-85-84-91(3,4)5)86-96-89(92)82-80-78-76-74-72-70-68-66-64-62-60-58-56-54-52-50-48-41-39-37-35-33-31-29-27-25-23-21-19-17-15-13-11-9-7-2/h8-11,14-17,20-23,26-29,32-35,38-41,43-44,46-47,50-53,57,59,88H,6-7,12-13,18-19,24-25,30-31,36-37,42,45,48-49,54-56,58,60-87H2,1-5H3/p+1/b10-8-,11-9-,16-14-,17-15-,22-20-,23-21-,28-26-,29-27-,34-32-,35-33-,40-38-,41-39-,44-43-,47-46-,52-50-,53-51-,59-57-. The Hall–Kier alpha value is -5.41. The fraction of sp³-hybridized carbons (Fsp3) is 0.600. The first kappa shape index (κ1) is 94.6. The lowest BCUT2D eigenvalue weighted by molar-refractivity contribution is -0.870. The molecule has 564 valence electrons. The zero-order valence-electron chi connectivity index (χ0n) is 64.3. The summed E-state index contributed by atoms with van der Waals surface area (Å²) in [6, 6.07) is 0. The van der Waals surface area contributed by atoms with Gasteiger partial charge in [0.1, 0.15) is 19.8 Å². The molecule has 0 spiro atoms. The highest BCUT2D eigenvalue weighted by Crippen LogP contribution is 2.43. The minimum Gasteiger partial charge on any atom is -0.462 e. The molecule has 0 aromatic heterocycles. The largest absolute Gasteiger partial charge is 0.472 e. The number of hydrogen-bond acceptors (Lipinski definition) is 7. The number of quaternary nitrogens is 1. The van der Waals surface area contributed by atoms with Crippen molar-refractivity contribution in [3.05, 3.63) is 207 Å². The lowest BCUT2D eigenvalue weighted by Gasteiger charge is -2.24. The Balaban J connectivity index is 4.08. The summed E-state index contributed by atoms with van der Waals surface area (Å²) in [7, 11) is 1.46. The van der Waals surface area contributed by atoms with Crippen molar-refractivity contribution in [3.63, 3.8) is 0 Å². The van der Waals surface area contributed by atoms with E-state index in [1.54, 1.807) is 0 Å². The number of nitrogens with zero attached hydrogens (tertiary/aromatic N) is 1. The molecular formula is C90H147NO8P+. The van der Waals surface area contributed by atoms with E-state index in [1.807, 2.05) is 21.1 Å². The van der Waals surface area contributed by atoms with Gasteiger partial charge in [-0.05, 0) is 148 Å². The predicted octanol–water partition coefficient (Wildman–Crippen LogP) is 26.9. The van der Waals surface area contributed by atoms with E-state index < -0.39 is 26.5 Å². The normalized spacial score (nSPS) is 14.2. The average molecular weight is 1400 g/mol. The van der Waals surface area contributed by atoms with Gasteiger partial charge in [-0.25, -0.2) is 4.57 Å². The SMILES string of the molecule is CC/C=C\C/C=C\C/C=C\C/C=C\C/C=C\C/C=C\C/C=C\C/C=C\C/C=C\C/C=C\CCCCCCCCCCCCC(=O)OC(COC(=O)CCCCCCCCCCCCCCC/C=C\C/C=C\C/C=C\C/C=C\C/C=C\C/C=C\C/C=C\CC)COP(=O)(O)OCC[N+](C)(C)C. The number of hydrogen-bond donors (Lipinski definition) is 1. The zero-order chi connectivity index (χ0) is 72.5. The summed E-state index contributed by atoms with van der Waals surface area (Å²) in [4.78, 5) is 36.0.